The smallest absolute Gasteiger partial charge is 0.306 e. The van der Waals surface area contributed by atoms with Gasteiger partial charge in [-0.2, -0.15) is 8.42 Å². The number of hydrogen-bond donors (Lipinski definition) is 0. The van der Waals surface area contributed by atoms with E-state index in [4.69, 9.17) is 4.74 Å². The topological polar surface area (TPSA) is 46.6 Å². The standard InChI is InChI=1S/C10H12FNO3S/c1-12-4-5-15-10-3-2-8(6-9(10)12)7-16(11,13)14/h2-3,6H,4-5,7H2,1H3. The number of anilines is 1. The Morgan fingerprint density at radius 3 is 2.94 bits per heavy atom. The summed E-state index contributed by atoms with van der Waals surface area (Å²) in [6, 6.07) is 4.88. The Labute approximate surface area is 93.8 Å². The Kier molecular flexibility index (Phi) is 2.75. The molecule has 0 radical (unpaired) electrons. The van der Waals surface area contributed by atoms with Crippen LogP contribution in [0.15, 0.2) is 18.2 Å². The molecule has 1 aliphatic rings. The summed E-state index contributed by atoms with van der Waals surface area (Å²) in [5, 5.41) is 0. The monoisotopic (exact) mass is 245 g/mol. The van der Waals surface area contributed by atoms with Gasteiger partial charge in [0.15, 0.2) is 0 Å². The first-order valence-electron chi connectivity index (χ1n) is 4.85. The molecule has 1 heterocycles. The summed E-state index contributed by atoms with van der Waals surface area (Å²) in [6.07, 6.45) is 0. The summed E-state index contributed by atoms with van der Waals surface area (Å²) in [4.78, 5) is 1.95. The number of likely N-dealkylation sites (N-methyl/N-ethyl adjacent to an activating group) is 1. The van der Waals surface area contributed by atoms with Gasteiger partial charge in [-0.15, -0.1) is 3.89 Å². The minimum absolute atomic E-state index is 0.429. The molecule has 0 aromatic heterocycles. The summed E-state index contributed by atoms with van der Waals surface area (Å²) in [5.41, 5.74) is 1.23. The fourth-order valence-corrected chi connectivity index (χ4v) is 2.26. The van der Waals surface area contributed by atoms with Gasteiger partial charge in [0.25, 0.3) is 0 Å². The van der Waals surface area contributed by atoms with E-state index >= 15 is 0 Å². The molecule has 1 aliphatic heterocycles. The van der Waals surface area contributed by atoms with E-state index in [1.165, 1.54) is 0 Å². The molecule has 0 atom stereocenters. The first-order valence-corrected chi connectivity index (χ1v) is 6.40. The van der Waals surface area contributed by atoms with Crippen LogP contribution in [0.5, 0.6) is 5.75 Å². The van der Waals surface area contributed by atoms with E-state index < -0.39 is 16.0 Å². The predicted octanol–water partition coefficient (Wildman–Crippen LogP) is 1.31. The van der Waals surface area contributed by atoms with Crippen molar-refractivity contribution in [3.8, 4) is 5.75 Å². The van der Waals surface area contributed by atoms with Crippen molar-refractivity contribution in [3.63, 3.8) is 0 Å². The van der Waals surface area contributed by atoms with Crippen molar-refractivity contribution in [2.24, 2.45) is 0 Å². The van der Waals surface area contributed by atoms with E-state index in [2.05, 4.69) is 0 Å². The number of fused-ring (bicyclic) bond motifs is 1. The minimum atomic E-state index is -4.48. The lowest BCUT2D eigenvalue weighted by Gasteiger charge is -2.27. The molecule has 2 rings (SSSR count). The van der Waals surface area contributed by atoms with Crippen molar-refractivity contribution >= 4 is 15.9 Å². The molecular weight excluding hydrogens is 233 g/mol. The van der Waals surface area contributed by atoms with Gasteiger partial charge >= 0.3 is 10.2 Å². The van der Waals surface area contributed by atoms with Crippen LogP contribution in [-0.4, -0.2) is 28.6 Å². The van der Waals surface area contributed by atoms with Gasteiger partial charge in [0.2, 0.25) is 0 Å². The zero-order chi connectivity index (χ0) is 11.8. The minimum Gasteiger partial charge on any atom is -0.490 e. The van der Waals surface area contributed by atoms with Crippen LogP contribution >= 0.6 is 0 Å². The highest BCUT2D eigenvalue weighted by molar-refractivity contribution is 7.85. The van der Waals surface area contributed by atoms with Gasteiger partial charge in [0.1, 0.15) is 18.1 Å². The highest BCUT2D eigenvalue weighted by Crippen LogP contribution is 2.31. The van der Waals surface area contributed by atoms with Gasteiger partial charge in [-0.1, -0.05) is 6.07 Å². The Morgan fingerprint density at radius 1 is 1.50 bits per heavy atom. The number of hydrogen-bond acceptors (Lipinski definition) is 4. The van der Waals surface area contributed by atoms with Gasteiger partial charge in [-0.25, -0.2) is 0 Å². The van der Waals surface area contributed by atoms with Gasteiger partial charge in [0.05, 0.1) is 12.2 Å². The average Bonchev–Trinajstić information content (AvgIpc) is 2.17. The third-order valence-corrected chi connectivity index (χ3v) is 3.14. The molecule has 0 spiro atoms. The second kappa shape index (κ2) is 3.93. The van der Waals surface area contributed by atoms with Crippen molar-refractivity contribution in [3.05, 3.63) is 23.8 Å². The SMILES string of the molecule is CN1CCOc2ccc(CS(=O)(=O)F)cc21. The Bertz CT molecular complexity index is 501. The van der Waals surface area contributed by atoms with E-state index in [9.17, 15) is 12.3 Å². The molecule has 0 amide bonds. The normalized spacial score (nSPS) is 15.5. The van der Waals surface area contributed by atoms with Crippen LogP contribution in [-0.2, 0) is 16.0 Å². The van der Waals surface area contributed by atoms with E-state index in [-0.39, 0.29) is 0 Å². The number of benzene rings is 1. The van der Waals surface area contributed by atoms with Gasteiger partial charge in [-0.3, -0.25) is 0 Å². The maximum Gasteiger partial charge on any atom is 0.306 e. The molecule has 0 unspecified atom stereocenters. The molecule has 0 saturated heterocycles. The van der Waals surface area contributed by atoms with Crippen LogP contribution in [0.2, 0.25) is 0 Å². The second-order valence-electron chi connectivity index (χ2n) is 3.76. The Hall–Kier alpha value is -1.30. The summed E-state index contributed by atoms with van der Waals surface area (Å²) >= 11 is 0. The highest BCUT2D eigenvalue weighted by atomic mass is 32.3. The van der Waals surface area contributed by atoms with Crippen molar-refractivity contribution in [2.75, 3.05) is 25.1 Å². The molecular formula is C10H12FNO3S. The third-order valence-electron chi connectivity index (χ3n) is 2.46. The first kappa shape index (κ1) is 11.2. The Balaban J connectivity index is 2.34. The fourth-order valence-electron chi connectivity index (χ4n) is 1.69. The lowest BCUT2D eigenvalue weighted by Crippen LogP contribution is -2.28. The summed E-state index contributed by atoms with van der Waals surface area (Å²) in [6.45, 7) is 1.34. The molecule has 4 nitrogen and oxygen atoms in total. The van der Waals surface area contributed by atoms with Crippen LogP contribution in [0, 0.1) is 0 Å². The van der Waals surface area contributed by atoms with E-state index in [1.807, 2.05) is 11.9 Å². The third kappa shape index (κ3) is 2.44. The van der Waals surface area contributed by atoms with Crippen molar-refractivity contribution in [1.82, 2.24) is 0 Å². The molecule has 88 valence electrons. The maximum atomic E-state index is 12.5. The van der Waals surface area contributed by atoms with Gasteiger partial charge in [0, 0.05) is 7.05 Å². The lowest BCUT2D eigenvalue weighted by atomic mass is 10.2. The van der Waals surface area contributed by atoms with Crippen LogP contribution in [0.25, 0.3) is 0 Å². The van der Waals surface area contributed by atoms with Gasteiger partial charge < -0.3 is 9.64 Å². The average molecular weight is 245 g/mol. The van der Waals surface area contributed by atoms with E-state index in [0.29, 0.717) is 17.9 Å². The number of rotatable bonds is 2. The molecule has 16 heavy (non-hydrogen) atoms. The first-order chi connectivity index (χ1) is 7.46. The molecule has 1 aromatic carbocycles. The quantitative estimate of drug-likeness (QED) is 0.737. The molecule has 6 heteroatoms. The van der Waals surface area contributed by atoms with E-state index in [1.54, 1.807) is 18.2 Å². The zero-order valence-electron chi connectivity index (χ0n) is 8.81. The van der Waals surface area contributed by atoms with Crippen LogP contribution in [0.4, 0.5) is 9.57 Å². The molecule has 0 bridgehead atoms. The molecule has 0 saturated carbocycles. The van der Waals surface area contributed by atoms with Gasteiger partial charge in [-0.05, 0) is 17.7 Å². The molecule has 0 aliphatic carbocycles. The van der Waals surface area contributed by atoms with Crippen molar-refractivity contribution in [2.45, 2.75) is 5.75 Å². The maximum absolute atomic E-state index is 12.5. The Morgan fingerprint density at radius 2 is 2.25 bits per heavy atom. The second-order valence-corrected chi connectivity index (χ2v) is 5.12. The highest BCUT2D eigenvalue weighted by Gasteiger charge is 2.17. The van der Waals surface area contributed by atoms with Crippen molar-refractivity contribution < 1.29 is 17.0 Å². The predicted molar refractivity (Wildman–Crippen MR) is 58.9 cm³/mol. The van der Waals surface area contributed by atoms with Crippen molar-refractivity contribution in [1.29, 1.82) is 0 Å². The lowest BCUT2D eigenvalue weighted by molar-refractivity contribution is 0.311. The van der Waals surface area contributed by atoms with Crippen LogP contribution in [0.1, 0.15) is 5.56 Å². The van der Waals surface area contributed by atoms with E-state index in [0.717, 1.165) is 12.2 Å². The summed E-state index contributed by atoms with van der Waals surface area (Å²) < 4.78 is 39.0. The largest absolute Gasteiger partial charge is 0.490 e. The molecule has 0 N–H and O–H groups in total. The number of ether oxygens (including phenoxy) is 1. The number of nitrogens with zero attached hydrogens (tertiary/aromatic N) is 1. The zero-order valence-corrected chi connectivity index (χ0v) is 9.63. The molecule has 1 aromatic rings. The van der Waals surface area contributed by atoms with Crippen LogP contribution in [0.3, 0.4) is 0 Å². The van der Waals surface area contributed by atoms with Crippen LogP contribution < -0.4 is 9.64 Å². The molecule has 0 fully saturated rings. The summed E-state index contributed by atoms with van der Waals surface area (Å²) in [7, 11) is -2.60. The fraction of sp³-hybridized carbons (Fsp3) is 0.400. The summed E-state index contributed by atoms with van der Waals surface area (Å²) in [5.74, 6) is 0.113. The number of halogens is 1.